The summed E-state index contributed by atoms with van der Waals surface area (Å²) in [7, 11) is 1.69. The van der Waals surface area contributed by atoms with Crippen LogP contribution in [0.4, 0.5) is 5.69 Å². The number of nitrogens with one attached hydrogen (secondary N) is 1. The first-order chi connectivity index (χ1) is 14.6. The Morgan fingerprint density at radius 3 is 2.67 bits per heavy atom. The van der Waals surface area contributed by atoms with Crippen LogP contribution in [0.2, 0.25) is 5.02 Å². The van der Waals surface area contributed by atoms with Crippen molar-refractivity contribution in [1.29, 1.82) is 5.26 Å². The van der Waals surface area contributed by atoms with Crippen molar-refractivity contribution in [3.8, 4) is 11.8 Å². The quantitative estimate of drug-likeness (QED) is 0.617. The number of H-pyrrole nitrogens is 1. The molecule has 1 aliphatic rings. The number of rotatable bonds is 6. The van der Waals surface area contributed by atoms with Crippen LogP contribution in [0.5, 0.6) is 5.75 Å². The minimum Gasteiger partial charge on any atom is -0.495 e. The Morgan fingerprint density at radius 1 is 1.17 bits per heavy atom. The summed E-state index contributed by atoms with van der Waals surface area (Å²) in [5, 5.41) is 11.4. The van der Waals surface area contributed by atoms with Gasteiger partial charge in [-0.1, -0.05) is 29.8 Å². The van der Waals surface area contributed by atoms with Crippen LogP contribution in [0.1, 0.15) is 24.6 Å². The Morgan fingerprint density at radius 2 is 1.93 bits per heavy atom. The third kappa shape index (κ3) is 4.12. The number of anilines is 1. The van der Waals surface area contributed by atoms with Crippen molar-refractivity contribution < 1.29 is 4.74 Å². The van der Waals surface area contributed by atoms with Crippen LogP contribution in [0, 0.1) is 11.3 Å². The number of aromatic amines is 1. The van der Waals surface area contributed by atoms with Gasteiger partial charge in [-0.15, -0.1) is 0 Å². The van der Waals surface area contributed by atoms with Crippen LogP contribution in [-0.4, -0.2) is 49.2 Å². The molecule has 156 valence electrons. The number of aromatic nitrogens is 1. The summed E-state index contributed by atoms with van der Waals surface area (Å²) < 4.78 is 5.52. The lowest BCUT2D eigenvalue weighted by Gasteiger charge is -2.39. The first-order valence-electron chi connectivity index (χ1n) is 10.4. The lowest BCUT2D eigenvalue weighted by molar-refractivity contribution is 0.188. The molecule has 0 aliphatic carbocycles. The van der Waals surface area contributed by atoms with E-state index in [1.807, 2.05) is 36.4 Å². The molecule has 1 atom stereocenters. The molecule has 0 spiro atoms. The van der Waals surface area contributed by atoms with Crippen molar-refractivity contribution in [3.05, 3.63) is 58.7 Å². The fourth-order valence-corrected chi connectivity index (χ4v) is 4.57. The maximum Gasteiger partial charge on any atom is 0.143 e. The molecule has 2 heterocycles. The molecule has 30 heavy (non-hydrogen) atoms. The Bertz CT molecular complexity index is 1060. The second-order valence-electron chi connectivity index (χ2n) is 7.86. The minimum atomic E-state index is 0.458. The Labute approximate surface area is 182 Å². The molecule has 1 saturated heterocycles. The van der Waals surface area contributed by atoms with Gasteiger partial charge in [-0.25, -0.2) is 0 Å². The molecule has 0 radical (unpaired) electrons. The first kappa shape index (κ1) is 20.6. The van der Waals surface area contributed by atoms with E-state index in [9.17, 15) is 5.26 Å². The third-order valence-corrected chi connectivity index (χ3v) is 6.39. The normalized spacial score (nSPS) is 15.9. The summed E-state index contributed by atoms with van der Waals surface area (Å²) in [6.45, 7) is 6.22. The van der Waals surface area contributed by atoms with E-state index < -0.39 is 0 Å². The van der Waals surface area contributed by atoms with Crippen LogP contribution < -0.4 is 9.64 Å². The van der Waals surface area contributed by atoms with Gasteiger partial charge in [0.1, 0.15) is 17.5 Å². The van der Waals surface area contributed by atoms with E-state index in [1.165, 1.54) is 5.39 Å². The molecule has 1 aliphatic heterocycles. The second kappa shape index (κ2) is 8.99. The van der Waals surface area contributed by atoms with Crippen molar-refractivity contribution in [2.75, 3.05) is 38.2 Å². The summed E-state index contributed by atoms with van der Waals surface area (Å²) >= 11 is 6.11. The zero-order valence-electron chi connectivity index (χ0n) is 17.5. The smallest absolute Gasteiger partial charge is 0.143 e. The number of nitrogens with zero attached hydrogens (tertiary/aromatic N) is 3. The van der Waals surface area contributed by atoms with E-state index in [1.54, 1.807) is 7.11 Å². The number of piperazine rings is 1. The Kier molecular flexibility index (Phi) is 6.17. The number of hydrogen-bond donors (Lipinski definition) is 1. The molecule has 6 heteroatoms. The summed E-state index contributed by atoms with van der Waals surface area (Å²) in [5.74, 6) is 0.826. The summed E-state index contributed by atoms with van der Waals surface area (Å²) in [5.41, 5.74) is 3.99. The van der Waals surface area contributed by atoms with Crippen LogP contribution in [-0.2, 0) is 6.42 Å². The molecule has 5 nitrogen and oxygen atoms in total. The number of nitriles is 1. The molecule has 0 bridgehead atoms. The van der Waals surface area contributed by atoms with Gasteiger partial charge in [0.2, 0.25) is 0 Å². The van der Waals surface area contributed by atoms with Crippen LogP contribution in [0.25, 0.3) is 10.9 Å². The Balaban J connectivity index is 1.38. The molecule has 1 fully saturated rings. The minimum absolute atomic E-state index is 0.458. The average molecular weight is 423 g/mol. The number of halogens is 1. The SMILES string of the molecule is COc1cc(Cl)ccc1N1CCN(C(C)CCc2c(C#N)[nH]c3ccccc23)CC1. The summed E-state index contributed by atoms with van der Waals surface area (Å²) in [6.07, 6.45) is 1.93. The number of para-hydroxylation sites is 1. The highest BCUT2D eigenvalue weighted by Gasteiger charge is 2.23. The standard InChI is InChI=1S/C24H27ClN4O/c1-17(7-9-20-19-5-3-4-6-21(19)27-22(20)16-26)28-11-13-29(14-12-28)23-10-8-18(25)15-24(23)30-2/h3-6,8,10,15,17,27H,7,9,11-14H2,1-2H3. The molecule has 4 rings (SSSR count). The predicted octanol–water partition coefficient (Wildman–Crippen LogP) is 4.84. The Hall–Kier alpha value is -2.68. The van der Waals surface area contributed by atoms with Crippen LogP contribution in [0.15, 0.2) is 42.5 Å². The highest BCUT2D eigenvalue weighted by atomic mass is 35.5. The van der Waals surface area contributed by atoms with Gasteiger partial charge in [0.05, 0.1) is 12.8 Å². The lowest BCUT2D eigenvalue weighted by Crippen LogP contribution is -2.49. The average Bonchev–Trinajstić information content (AvgIpc) is 3.15. The van der Waals surface area contributed by atoms with Gasteiger partial charge in [-0.05, 0) is 43.5 Å². The van der Waals surface area contributed by atoms with E-state index in [4.69, 9.17) is 16.3 Å². The number of methoxy groups -OCH3 is 1. The number of fused-ring (bicyclic) bond motifs is 1. The van der Waals surface area contributed by atoms with E-state index in [2.05, 4.69) is 33.8 Å². The molecular formula is C24H27ClN4O. The van der Waals surface area contributed by atoms with E-state index >= 15 is 0 Å². The fraction of sp³-hybridized carbons (Fsp3) is 0.375. The van der Waals surface area contributed by atoms with Crippen molar-refractivity contribution in [1.82, 2.24) is 9.88 Å². The van der Waals surface area contributed by atoms with Crippen molar-refractivity contribution in [3.63, 3.8) is 0 Å². The lowest BCUT2D eigenvalue weighted by atomic mass is 10.0. The molecule has 1 aromatic heterocycles. The van der Waals surface area contributed by atoms with Crippen molar-refractivity contribution in [2.24, 2.45) is 0 Å². The van der Waals surface area contributed by atoms with Crippen LogP contribution >= 0.6 is 11.6 Å². The molecule has 0 saturated carbocycles. The number of benzene rings is 2. The zero-order valence-corrected chi connectivity index (χ0v) is 18.2. The number of ether oxygens (including phenoxy) is 1. The fourth-order valence-electron chi connectivity index (χ4n) is 4.41. The largest absolute Gasteiger partial charge is 0.495 e. The molecule has 0 amide bonds. The third-order valence-electron chi connectivity index (χ3n) is 6.16. The highest BCUT2D eigenvalue weighted by molar-refractivity contribution is 6.30. The number of hydrogen-bond acceptors (Lipinski definition) is 4. The van der Waals surface area contributed by atoms with E-state index in [0.717, 1.165) is 61.5 Å². The van der Waals surface area contributed by atoms with Gasteiger partial charge < -0.3 is 14.6 Å². The topological polar surface area (TPSA) is 55.3 Å². The summed E-state index contributed by atoms with van der Waals surface area (Å²) in [4.78, 5) is 8.16. The summed E-state index contributed by atoms with van der Waals surface area (Å²) in [6, 6.07) is 16.8. The molecule has 3 aromatic rings. The van der Waals surface area contributed by atoms with Crippen molar-refractivity contribution >= 4 is 28.2 Å². The van der Waals surface area contributed by atoms with E-state index in [-0.39, 0.29) is 0 Å². The zero-order chi connectivity index (χ0) is 21.1. The van der Waals surface area contributed by atoms with Gasteiger partial charge in [0.25, 0.3) is 0 Å². The van der Waals surface area contributed by atoms with Gasteiger partial charge >= 0.3 is 0 Å². The molecule has 1 N–H and O–H groups in total. The van der Waals surface area contributed by atoms with Crippen LogP contribution in [0.3, 0.4) is 0 Å². The second-order valence-corrected chi connectivity index (χ2v) is 8.30. The predicted molar refractivity (Wildman–Crippen MR) is 123 cm³/mol. The maximum atomic E-state index is 9.52. The molecule has 1 unspecified atom stereocenters. The van der Waals surface area contributed by atoms with Crippen molar-refractivity contribution in [2.45, 2.75) is 25.8 Å². The first-order valence-corrected chi connectivity index (χ1v) is 10.8. The van der Waals surface area contributed by atoms with E-state index in [0.29, 0.717) is 16.8 Å². The van der Waals surface area contributed by atoms with Gasteiger partial charge in [-0.2, -0.15) is 5.26 Å². The molecular weight excluding hydrogens is 396 g/mol. The van der Waals surface area contributed by atoms with Gasteiger partial charge in [0.15, 0.2) is 0 Å². The van der Waals surface area contributed by atoms with Gasteiger partial charge in [0, 0.05) is 54.2 Å². The highest BCUT2D eigenvalue weighted by Crippen LogP contribution is 2.32. The molecule has 2 aromatic carbocycles. The van der Waals surface area contributed by atoms with Gasteiger partial charge in [-0.3, -0.25) is 4.90 Å². The number of aryl methyl sites for hydroxylation is 1. The monoisotopic (exact) mass is 422 g/mol. The maximum absolute atomic E-state index is 9.52.